The lowest BCUT2D eigenvalue weighted by Crippen LogP contribution is -2.43. The normalized spacial score (nSPS) is 16.5. The van der Waals surface area contributed by atoms with Gasteiger partial charge in [-0.05, 0) is 12.1 Å². The molecule has 0 aromatic carbocycles. The van der Waals surface area contributed by atoms with Crippen molar-refractivity contribution in [3.05, 3.63) is 29.6 Å². The Morgan fingerprint density at radius 3 is 2.81 bits per heavy atom. The zero-order valence-electron chi connectivity index (χ0n) is 9.06. The van der Waals surface area contributed by atoms with Crippen LogP contribution in [0.25, 0.3) is 0 Å². The fraction of sp³-hybridized carbons (Fsp3) is 0.455. The van der Waals surface area contributed by atoms with E-state index in [-0.39, 0.29) is 12.4 Å². The van der Waals surface area contributed by atoms with Crippen molar-refractivity contribution in [2.24, 2.45) is 0 Å². The van der Waals surface area contributed by atoms with Crippen molar-refractivity contribution < 1.29 is 4.79 Å². The SMILES string of the molecule is Cl.O=Cc1cccc(CN2CCNCC2)n1. The van der Waals surface area contributed by atoms with Crippen LogP contribution < -0.4 is 5.32 Å². The summed E-state index contributed by atoms with van der Waals surface area (Å²) >= 11 is 0. The first kappa shape index (κ1) is 13.1. The summed E-state index contributed by atoms with van der Waals surface area (Å²) in [5.41, 5.74) is 1.49. The number of carbonyl (C=O) groups excluding carboxylic acids is 1. The van der Waals surface area contributed by atoms with Crippen molar-refractivity contribution >= 4 is 18.7 Å². The molecule has 88 valence electrons. The predicted octanol–water partition coefficient (Wildman–Crippen LogP) is 0.721. The van der Waals surface area contributed by atoms with Gasteiger partial charge in [0.15, 0.2) is 6.29 Å². The van der Waals surface area contributed by atoms with Crippen molar-refractivity contribution in [2.75, 3.05) is 26.2 Å². The maximum atomic E-state index is 10.6. The summed E-state index contributed by atoms with van der Waals surface area (Å²) in [5, 5.41) is 3.30. The molecule has 0 atom stereocenters. The largest absolute Gasteiger partial charge is 0.314 e. The smallest absolute Gasteiger partial charge is 0.168 e. The van der Waals surface area contributed by atoms with Crippen LogP contribution in [0.2, 0.25) is 0 Å². The number of nitrogens with one attached hydrogen (secondary N) is 1. The molecule has 1 fully saturated rings. The lowest BCUT2D eigenvalue weighted by atomic mass is 10.2. The molecule has 1 aromatic heterocycles. The third kappa shape index (κ3) is 3.56. The molecule has 0 unspecified atom stereocenters. The highest BCUT2D eigenvalue weighted by atomic mass is 35.5. The van der Waals surface area contributed by atoms with E-state index in [0.29, 0.717) is 5.69 Å². The number of pyridine rings is 1. The predicted molar refractivity (Wildman–Crippen MR) is 65.0 cm³/mol. The highest BCUT2D eigenvalue weighted by Gasteiger charge is 2.10. The summed E-state index contributed by atoms with van der Waals surface area (Å²) in [6, 6.07) is 5.58. The molecule has 0 amide bonds. The fourth-order valence-electron chi connectivity index (χ4n) is 1.75. The van der Waals surface area contributed by atoms with Crippen molar-refractivity contribution in [1.29, 1.82) is 0 Å². The van der Waals surface area contributed by atoms with E-state index in [9.17, 15) is 4.79 Å². The number of carbonyl (C=O) groups is 1. The standard InChI is InChI=1S/C11H15N3O.ClH/c15-9-11-3-1-2-10(13-11)8-14-6-4-12-5-7-14;/h1-3,9,12H,4-8H2;1H. The topological polar surface area (TPSA) is 45.2 Å². The third-order valence-corrected chi connectivity index (χ3v) is 2.54. The number of halogens is 1. The van der Waals surface area contributed by atoms with Gasteiger partial charge in [-0.2, -0.15) is 0 Å². The van der Waals surface area contributed by atoms with Crippen molar-refractivity contribution in [2.45, 2.75) is 6.54 Å². The highest BCUT2D eigenvalue weighted by molar-refractivity contribution is 5.85. The lowest BCUT2D eigenvalue weighted by Gasteiger charge is -2.26. The quantitative estimate of drug-likeness (QED) is 0.793. The first-order valence-electron chi connectivity index (χ1n) is 5.22. The Labute approximate surface area is 101 Å². The minimum absolute atomic E-state index is 0. The Balaban J connectivity index is 0.00000128. The summed E-state index contributed by atoms with van der Waals surface area (Å²) in [6.45, 7) is 5.00. The zero-order valence-corrected chi connectivity index (χ0v) is 9.87. The van der Waals surface area contributed by atoms with E-state index in [0.717, 1.165) is 44.7 Å². The monoisotopic (exact) mass is 241 g/mol. The minimum Gasteiger partial charge on any atom is -0.314 e. The molecule has 5 heteroatoms. The van der Waals surface area contributed by atoms with Crippen LogP contribution in [0, 0.1) is 0 Å². The van der Waals surface area contributed by atoms with Crippen LogP contribution in [0.1, 0.15) is 16.2 Å². The van der Waals surface area contributed by atoms with Gasteiger partial charge in [-0.3, -0.25) is 9.69 Å². The van der Waals surface area contributed by atoms with Crippen molar-refractivity contribution in [3.8, 4) is 0 Å². The number of rotatable bonds is 3. The van der Waals surface area contributed by atoms with Gasteiger partial charge in [0.1, 0.15) is 5.69 Å². The van der Waals surface area contributed by atoms with Gasteiger partial charge in [-0.15, -0.1) is 12.4 Å². The van der Waals surface area contributed by atoms with E-state index in [4.69, 9.17) is 0 Å². The van der Waals surface area contributed by atoms with E-state index < -0.39 is 0 Å². The first-order chi connectivity index (χ1) is 7.38. The van der Waals surface area contributed by atoms with Crippen LogP contribution in [-0.2, 0) is 6.54 Å². The number of piperazine rings is 1. The van der Waals surface area contributed by atoms with Gasteiger partial charge in [-0.1, -0.05) is 6.07 Å². The van der Waals surface area contributed by atoms with Crippen LogP contribution >= 0.6 is 12.4 Å². The summed E-state index contributed by atoms with van der Waals surface area (Å²) < 4.78 is 0. The molecule has 0 spiro atoms. The summed E-state index contributed by atoms with van der Waals surface area (Å²) in [7, 11) is 0. The van der Waals surface area contributed by atoms with Crippen LogP contribution in [0.15, 0.2) is 18.2 Å². The Morgan fingerprint density at radius 1 is 1.38 bits per heavy atom. The third-order valence-electron chi connectivity index (χ3n) is 2.54. The molecular weight excluding hydrogens is 226 g/mol. The summed E-state index contributed by atoms with van der Waals surface area (Å²) in [5.74, 6) is 0. The van der Waals surface area contributed by atoms with Gasteiger partial charge < -0.3 is 5.32 Å². The van der Waals surface area contributed by atoms with E-state index in [1.54, 1.807) is 6.07 Å². The molecule has 0 radical (unpaired) electrons. The molecule has 2 heterocycles. The Kier molecular flexibility index (Phi) is 5.38. The molecule has 0 saturated carbocycles. The van der Waals surface area contributed by atoms with Gasteiger partial charge in [-0.25, -0.2) is 4.98 Å². The maximum absolute atomic E-state index is 10.6. The zero-order chi connectivity index (χ0) is 10.5. The Hall–Kier alpha value is -0.970. The molecular formula is C11H16ClN3O. The first-order valence-corrected chi connectivity index (χ1v) is 5.22. The molecule has 1 aliphatic heterocycles. The highest BCUT2D eigenvalue weighted by Crippen LogP contribution is 2.03. The molecule has 1 saturated heterocycles. The van der Waals surface area contributed by atoms with Crippen LogP contribution in [0.3, 0.4) is 0 Å². The average Bonchev–Trinajstić information content (AvgIpc) is 2.31. The minimum atomic E-state index is 0. The molecule has 1 aromatic rings. The van der Waals surface area contributed by atoms with Gasteiger partial charge in [0, 0.05) is 32.7 Å². The maximum Gasteiger partial charge on any atom is 0.168 e. The van der Waals surface area contributed by atoms with Gasteiger partial charge in [0.05, 0.1) is 5.69 Å². The second-order valence-corrected chi connectivity index (χ2v) is 3.70. The Morgan fingerprint density at radius 2 is 2.12 bits per heavy atom. The number of hydrogen-bond donors (Lipinski definition) is 1. The molecule has 0 bridgehead atoms. The van der Waals surface area contributed by atoms with E-state index >= 15 is 0 Å². The lowest BCUT2D eigenvalue weighted by molar-refractivity contribution is 0.111. The summed E-state index contributed by atoms with van der Waals surface area (Å²) in [4.78, 5) is 17.2. The Bertz CT molecular complexity index is 340. The van der Waals surface area contributed by atoms with Crippen molar-refractivity contribution in [1.82, 2.24) is 15.2 Å². The van der Waals surface area contributed by atoms with E-state index in [1.807, 2.05) is 12.1 Å². The number of hydrogen-bond acceptors (Lipinski definition) is 4. The number of aromatic nitrogens is 1. The van der Waals surface area contributed by atoms with Crippen LogP contribution in [0.5, 0.6) is 0 Å². The van der Waals surface area contributed by atoms with Crippen molar-refractivity contribution in [3.63, 3.8) is 0 Å². The second kappa shape index (κ2) is 6.58. The second-order valence-electron chi connectivity index (χ2n) is 3.70. The number of aldehydes is 1. The van der Waals surface area contributed by atoms with Gasteiger partial charge >= 0.3 is 0 Å². The van der Waals surface area contributed by atoms with Gasteiger partial charge in [0.25, 0.3) is 0 Å². The molecule has 1 aliphatic rings. The summed E-state index contributed by atoms with van der Waals surface area (Å²) in [6.07, 6.45) is 0.793. The number of nitrogens with zero attached hydrogens (tertiary/aromatic N) is 2. The van der Waals surface area contributed by atoms with E-state index in [1.165, 1.54) is 0 Å². The van der Waals surface area contributed by atoms with E-state index in [2.05, 4.69) is 15.2 Å². The molecule has 4 nitrogen and oxygen atoms in total. The van der Waals surface area contributed by atoms with Crippen LogP contribution in [0.4, 0.5) is 0 Å². The molecule has 16 heavy (non-hydrogen) atoms. The molecule has 1 N–H and O–H groups in total. The van der Waals surface area contributed by atoms with Gasteiger partial charge in [0.2, 0.25) is 0 Å². The fourth-order valence-corrected chi connectivity index (χ4v) is 1.75. The van der Waals surface area contributed by atoms with Crippen LogP contribution in [-0.4, -0.2) is 42.3 Å². The molecule has 2 rings (SSSR count). The average molecular weight is 242 g/mol. The molecule has 0 aliphatic carbocycles.